The lowest BCUT2D eigenvalue weighted by Crippen LogP contribution is -2.25. The molecular formula is C27H43N. The van der Waals surface area contributed by atoms with Crippen LogP contribution in [0.25, 0.3) is 0 Å². The van der Waals surface area contributed by atoms with Crippen molar-refractivity contribution in [3.8, 4) is 0 Å². The fourth-order valence-corrected chi connectivity index (χ4v) is 4.73. The maximum absolute atomic E-state index is 3.83. The van der Waals surface area contributed by atoms with E-state index in [-0.39, 0.29) is 0 Å². The van der Waals surface area contributed by atoms with E-state index in [0.717, 1.165) is 6.54 Å². The highest BCUT2D eigenvalue weighted by atomic mass is 14.9. The predicted molar refractivity (Wildman–Crippen MR) is 126 cm³/mol. The summed E-state index contributed by atoms with van der Waals surface area (Å²) < 4.78 is 0. The SMILES string of the molecule is CC(C)C1=CC=CC(C(C)C)C1CCCNc1c(C(C)C)cccc1C(C)C. The molecule has 2 unspecified atom stereocenters. The van der Waals surface area contributed by atoms with Gasteiger partial charge in [0.25, 0.3) is 0 Å². The number of hydrogen-bond donors (Lipinski definition) is 1. The quantitative estimate of drug-likeness (QED) is 0.425. The van der Waals surface area contributed by atoms with Crippen LogP contribution in [0.3, 0.4) is 0 Å². The van der Waals surface area contributed by atoms with Crippen LogP contribution < -0.4 is 5.32 Å². The Labute approximate surface area is 174 Å². The summed E-state index contributed by atoms with van der Waals surface area (Å²) in [7, 11) is 0. The Morgan fingerprint density at radius 2 is 1.46 bits per heavy atom. The molecule has 0 amide bonds. The van der Waals surface area contributed by atoms with Crippen LogP contribution in [0.1, 0.15) is 91.2 Å². The zero-order valence-electron chi connectivity index (χ0n) is 19.5. The van der Waals surface area contributed by atoms with Gasteiger partial charge in [-0.2, -0.15) is 0 Å². The van der Waals surface area contributed by atoms with Crippen molar-refractivity contribution < 1.29 is 0 Å². The summed E-state index contributed by atoms with van der Waals surface area (Å²) in [4.78, 5) is 0. The van der Waals surface area contributed by atoms with Gasteiger partial charge in [0.1, 0.15) is 0 Å². The third kappa shape index (κ3) is 5.52. The Kier molecular flexibility index (Phi) is 8.40. The molecule has 0 heterocycles. The molecule has 1 aromatic rings. The molecule has 0 spiro atoms. The third-order valence-electron chi connectivity index (χ3n) is 6.32. The number of anilines is 1. The van der Waals surface area contributed by atoms with Gasteiger partial charge in [-0.05, 0) is 59.5 Å². The number of hydrogen-bond acceptors (Lipinski definition) is 1. The van der Waals surface area contributed by atoms with Crippen molar-refractivity contribution in [1.82, 2.24) is 0 Å². The molecule has 0 bridgehead atoms. The monoisotopic (exact) mass is 381 g/mol. The van der Waals surface area contributed by atoms with Crippen molar-refractivity contribution in [1.29, 1.82) is 0 Å². The molecule has 0 radical (unpaired) electrons. The van der Waals surface area contributed by atoms with E-state index in [0.29, 0.717) is 35.5 Å². The van der Waals surface area contributed by atoms with E-state index in [1.54, 1.807) is 5.57 Å². The zero-order valence-corrected chi connectivity index (χ0v) is 19.5. The lowest BCUT2D eigenvalue weighted by Gasteiger charge is -2.34. The molecule has 2 rings (SSSR count). The van der Waals surface area contributed by atoms with Gasteiger partial charge >= 0.3 is 0 Å². The zero-order chi connectivity index (χ0) is 20.8. The second kappa shape index (κ2) is 10.3. The van der Waals surface area contributed by atoms with Gasteiger partial charge in [0, 0.05) is 12.2 Å². The lowest BCUT2D eigenvalue weighted by atomic mass is 9.71. The molecule has 2 atom stereocenters. The Morgan fingerprint density at radius 1 is 0.857 bits per heavy atom. The Bertz CT molecular complexity index is 649. The standard InChI is InChI=1S/C27H43N/c1-18(2)22-12-9-13-23(19(3)4)26(22)16-11-17-28-27-24(20(5)6)14-10-15-25(27)21(7)8/h9-10,12-15,18-22,26,28H,11,16-17H2,1-8H3. The molecule has 1 aliphatic rings. The molecular weight excluding hydrogens is 338 g/mol. The van der Waals surface area contributed by atoms with Crippen molar-refractivity contribution in [3.63, 3.8) is 0 Å². The Balaban J connectivity index is 2.07. The summed E-state index contributed by atoms with van der Waals surface area (Å²) in [6.45, 7) is 19.7. The van der Waals surface area contributed by atoms with Gasteiger partial charge in [0.2, 0.25) is 0 Å². The highest BCUT2D eigenvalue weighted by molar-refractivity contribution is 5.60. The summed E-state index contributed by atoms with van der Waals surface area (Å²) in [6.07, 6.45) is 9.61. The normalized spacial score (nSPS) is 19.8. The molecule has 1 nitrogen and oxygen atoms in total. The van der Waals surface area contributed by atoms with Gasteiger partial charge in [0.05, 0.1) is 0 Å². The van der Waals surface area contributed by atoms with E-state index in [2.05, 4.69) is 97.1 Å². The molecule has 156 valence electrons. The molecule has 1 heteroatoms. The van der Waals surface area contributed by atoms with Gasteiger partial charge in [-0.25, -0.2) is 0 Å². The minimum Gasteiger partial charge on any atom is -0.385 e. The van der Waals surface area contributed by atoms with Crippen LogP contribution in [0, 0.1) is 23.7 Å². The molecule has 0 aliphatic heterocycles. The Morgan fingerprint density at radius 3 is 1.96 bits per heavy atom. The van der Waals surface area contributed by atoms with Crippen LogP contribution in [0.4, 0.5) is 5.69 Å². The van der Waals surface area contributed by atoms with Gasteiger partial charge in [-0.1, -0.05) is 97.4 Å². The fourth-order valence-electron chi connectivity index (χ4n) is 4.73. The smallest absolute Gasteiger partial charge is 0.0410 e. The minimum atomic E-state index is 0.547. The first-order chi connectivity index (χ1) is 13.2. The van der Waals surface area contributed by atoms with Crippen LogP contribution in [0.2, 0.25) is 0 Å². The summed E-state index contributed by atoms with van der Waals surface area (Å²) >= 11 is 0. The molecule has 0 saturated carbocycles. The van der Waals surface area contributed by atoms with Crippen LogP contribution in [0.15, 0.2) is 42.0 Å². The average Bonchev–Trinajstić information content (AvgIpc) is 2.64. The van der Waals surface area contributed by atoms with Crippen molar-refractivity contribution >= 4 is 5.69 Å². The van der Waals surface area contributed by atoms with Crippen LogP contribution >= 0.6 is 0 Å². The summed E-state index contributed by atoms with van der Waals surface area (Å²) in [5.41, 5.74) is 5.94. The summed E-state index contributed by atoms with van der Waals surface area (Å²) in [6, 6.07) is 6.80. The van der Waals surface area contributed by atoms with Crippen LogP contribution in [-0.4, -0.2) is 6.54 Å². The number of para-hydroxylation sites is 1. The first kappa shape index (κ1) is 22.8. The highest BCUT2D eigenvalue weighted by Gasteiger charge is 2.28. The third-order valence-corrected chi connectivity index (χ3v) is 6.32. The van der Waals surface area contributed by atoms with E-state index in [4.69, 9.17) is 0 Å². The molecule has 0 aromatic heterocycles. The van der Waals surface area contributed by atoms with E-state index < -0.39 is 0 Å². The van der Waals surface area contributed by atoms with E-state index in [1.807, 2.05) is 0 Å². The second-order valence-electron chi connectivity index (χ2n) is 9.82. The second-order valence-corrected chi connectivity index (χ2v) is 9.82. The van der Waals surface area contributed by atoms with Crippen molar-refractivity contribution in [2.24, 2.45) is 23.7 Å². The van der Waals surface area contributed by atoms with Crippen LogP contribution in [-0.2, 0) is 0 Å². The number of benzene rings is 1. The molecule has 28 heavy (non-hydrogen) atoms. The lowest BCUT2D eigenvalue weighted by molar-refractivity contribution is 0.310. The first-order valence-corrected chi connectivity index (χ1v) is 11.5. The predicted octanol–water partition coefficient (Wildman–Crippen LogP) is 8.17. The van der Waals surface area contributed by atoms with Gasteiger partial charge in [-0.15, -0.1) is 0 Å². The van der Waals surface area contributed by atoms with E-state index in [1.165, 1.54) is 29.7 Å². The minimum absolute atomic E-state index is 0.547. The van der Waals surface area contributed by atoms with Gasteiger partial charge in [-0.3, -0.25) is 0 Å². The summed E-state index contributed by atoms with van der Waals surface area (Å²) in [5, 5.41) is 3.83. The summed E-state index contributed by atoms with van der Waals surface area (Å²) in [5.74, 6) is 3.80. The van der Waals surface area contributed by atoms with Gasteiger partial charge < -0.3 is 5.32 Å². The fraction of sp³-hybridized carbons (Fsp3) is 0.630. The van der Waals surface area contributed by atoms with Gasteiger partial charge in [0.15, 0.2) is 0 Å². The van der Waals surface area contributed by atoms with Crippen molar-refractivity contribution in [2.75, 3.05) is 11.9 Å². The number of allylic oxidation sites excluding steroid dienone is 4. The molecule has 1 N–H and O–H groups in total. The van der Waals surface area contributed by atoms with Crippen molar-refractivity contribution in [3.05, 3.63) is 53.1 Å². The first-order valence-electron chi connectivity index (χ1n) is 11.5. The topological polar surface area (TPSA) is 12.0 Å². The molecule has 1 aliphatic carbocycles. The Hall–Kier alpha value is -1.50. The largest absolute Gasteiger partial charge is 0.385 e. The maximum Gasteiger partial charge on any atom is 0.0410 e. The van der Waals surface area contributed by atoms with Crippen LogP contribution in [0.5, 0.6) is 0 Å². The number of nitrogens with one attached hydrogen (secondary N) is 1. The average molecular weight is 382 g/mol. The van der Waals surface area contributed by atoms with E-state index >= 15 is 0 Å². The maximum atomic E-state index is 3.83. The highest BCUT2D eigenvalue weighted by Crippen LogP contribution is 2.38. The number of rotatable bonds is 9. The molecule has 0 saturated heterocycles. The van der Waals surface area contributed by atoms with Crippen molar-refractivity contribution in [2.45, 2.75) is 80.1 Å². The molecule has 1 aromatic carbocycles. The molecule has 0 fully saturated rings. The van der Waals surface area contributed by atoms with E-state index in [9.17, 15) is 0 Å².